The summed E-state index contributed by atoms with van der Waals surface area (Å²) in [6.07, 6.45) is 3.33. The Morgan fingerprint density at radius 1 is 1.42 bits per heavy atom. The van der Waals surface area contributed by atoms with Gasteiger partial charge in [-0.05, 0) is 18.6 Å². The molecule has 0 aromatic carbocycles. The summed E-state index contributed by atoms with van der Waals surface area (Å²) in [5.74, 6) is 0.368. The number of aromatic nitrogens is 1. The van der Waals surface area contributed by atoms with Crippen LogP contribution in [-0.4, -0.2) is 34.7 Å². The first-order chi connectivity index (χ1) is 8.99. The van der Waals surface area contributed by atoms with Crippen molar-refractivity contribution >= 4 is 11.7 Å². The Hall–Kier alpha value is -1.71. The fourth-order valence-electron chi connectivity index (χ4n) is 2.37. The lowest BCUT2D eigenvalue weighted by atomic mass is 9.82. The van der Waals surface area contributed by atoms with Crippen LogP contribution < -0.4 is 0 Å². The number of hydrogen-bond acceptors (Lipinski definition) is 3. The molecule has 0 unspecified atom stereocenters. The maximum atomic E-state index is 12.2. The molecule has 19 heavy (non-hydrogen) atoms. The van der Waals surface area contributed by atoms with Crippen molar-refractivity contribution in [3.05, 3.63) is 30.1 Å². The molecule has 1 aromatic rings. The number of carbonyl (C=O) groups is 2. The Labute approximate surface area is 113 Å². The summed E-state index contributed by atoms with van der Waals surface area (Å²) in [4.78, 5) is 29.9. The average Bonchev–Trinajstić information content (AvgIpc) is 2.40. The first-order valence-electron chi connectivity index (χ1n) is 6.70. The van der Waals surface area contributed by atoms with Gasteiger partial charge in [-0.3, -0.25) is 14.6 Å². The zero-order chi connectivity index (χ0) is 13.9. The molecule has 1 amide bonds. The molecule has 4 nitrogen and oxygen atoms in total. The molecule has 0 atom stereocenters. The molecule has 1 fully saturated rings. The third-order valence-electron chi connectivity index (χ3n) is 3.62. The van der Waals surface area contributed by atoms with Gasteiger partial charge in [0.1, 0.15) is 5.78 Å². The number of hydrogen-bond donors (Lipinski definition) is 0. The van der Waals surface area contributed by atoms with Crippen LogP contribution in [0, 0.1) is 5.41 Å². The van der Waals surface area contributed by atoms with Crippen molar-refractivity contribution in [2.45, 2.75) is 33.1 Å². The quantitative estimate of drug-likeness (QED) is 0.833. The lowest BCUT2D eigenvalue weighted by Crippen LogP contribution is -2.48. The fraction of sp³-hybridized carbons (Fsp3) is 0.533. The van der Waals surface area contributed by atoms with Crippen molar-refractivity contribution < 1.29 is 9.59 Å². The lowest BCUT2D eigenvalue weighted by molar-refractivity contribution is -0.140. The van der Waals surface area contributed by atoms with Crippen molar-refractivity contribution in [3.63, 3.8) is 0 Å². The molecule has 4 heteroatoms. The Morgan fingerprint density at radius 2 is 2.21 bits per heavy atom. The van der Waals surface area contributed by atoms with Gasteiger partial charge in [-0.25, -0.2) is 0 Å². The number of nitrogens with zero attached hydrogens (tertiary/aromatic N) is 2. The molecule has 0 spiro atoms. The molecule has 0 aliphatic carbocycles. The highest BCUT2D eigenvalue weighted by Crippen LogP contribution is 2.25. The number of likely N-dealkylation sites (tertiary alicyclic amines) is 1. The highest BCUT2D eigenvalue weighted by Gasteiger charge is 2.35. The molecule has 1 aliphatic heterocycles. The Morgan fingerprint density at radius 3 is 2.84 bits per heavy atom. The molecule has 0 N–H and O–H groups in total. The highest BCUT2D eigenvalue weighted by atomic mass is 16.2. The third-order valence-corrected chi connectivity index (χ3v) is 3.62. The van der Waals surface area contributed by atoms with Gasteiger partial charge in [0.25, 0.3) is 0 Å². The van der Waals surface area contributed by atoms with Gasteiger partial charge in [0.2, 0.25) is 5.91 Å². The number of pyridine rings is 1. The zero-order valence-corrected chi connectivity index (χ0v) is 11.6. The number of ketones is 1. The molecule has 0 saturated carbocycles. The lowest BCUT2D eigenvalue weighted by Gasteiger charge is -2.36. The van der Waals surface area contributed by atoms with Crippen LogP contribution in [0.4, 0.5) is 0 Å². The highest BCUT2D eigenvalue weighted by molar-refractivity contribution is 5.87. The van der Waals surface area contributed by atoms with E-state index in [2.05, 4.69) is 4.98 Å². The topological polar surface area (TPSA) is 50.3 Å². The van der Waals surface area contributed by atoms with Crippen LogP contribution >= 0.6 is 0 Å². The number of carbonyl (C=O) groups excluding carboxylic acids is 2. The van der Waals surface area contributed by atoms with Gasteiger partial charge in [0.05, 0.1) is 0 Å². The predicted molar refractivity (Wildman–Crippen MR) is 72.5 cm³/mol. The van der Waals surface area contributed by atoms with Gasteiger partial charge in [-0.2, -0.15) is 0 Å². The summed E-state index contributed by atoms with van der Waals surface area (Å²) in [7, 11) is 0. The maximum Gasteiger partial charge on any atom is 0.223 e. The monoisotopic (exact) mass is 260 g/mol. The van der Waals surface area contributed by atoms with E-state index in [9.17, 15) is 9.59 Å². The average molecular weight is 260 g/mol. The SMILES string of the molecule is CC1(C)CN(C(=O)CCc2ccccn2)CCC1=O. The predicted octanol–water partition coefficient (Wildman–Crippen LogP) is 1.84. The van der Waals surface area contributed by atoms with E-state index in [0.717, 1.165) is 5.69 Å². The molecule has 0 bridgehead atoms. The van der Waals surface area contributed by atoms with Crippen LogP contribution in [0.1, 0.15) is 32.4 Å². The van der Waals surface area contributed by atoms with Gasteiger partial charge < -0.3 is 4.90 Å². The minimum absolute atomic E-state index is 0.117. The Balaban J connectivity index is 1.89. The van der Waals surface area contributed by atoms with Crippen LogP contribution in [0.2, 0.25) is 0 Å². The summed E-state index contributed by atoms with van der Waals surface area (Å²) in [6, 6.07) is 5.72. The van der Waals surface area contributed by atoms with Crippen molar-refractivity contribution in [1.82, 2.24) is 9.88 Å². The molecule has 102 valence electrons. The normalized spacial score (nSPS) is 18.4. The van der Waals surface area contributed by atoms with E-state index in [1.54, 1.807) is 6.20 Å². The van der Waals surface area contributed by atoms with Gasteiger partial charge in [0.15, 0.2) is 0 Å². The molecule has 1 aromatic heterocycles. The first kappa shape index (κ1) is 13.7. The van der Waals surface area contributed by atoms with Crippen molar-refractivity contribution in [1.29, 1.82) is 0 Å². The minimum Gasteiger partial charge on any atom is -0.341 e. The van der Waals surface area contributed by atoms with E-state index in [1.165, 1.54) is 0 Å². The molecule has 1 aliphatic rings. The van der Waals surface area contributed by atoms with Gasteiger partial charge >= 0.3 is 0 Å². The third kappa shape index (κ3) is 3.40. The van der Waals surface area contributed by atoms with E-state index in [0.29, 0.717) is 32.4 Å². The standard InChI is InChI=1S/C15H20N2O2/c1-15(2)11-17(10-8-13(15)18)14(19)7-6-12-5-3-4-9-16-12/h3-5,9H,6-8,10-11H2,1-2H3. The minimum atomic E-state index is -0.404. The number of rotatable bonds is 3. The van der Waals surface area contributed by atoms with Gasteiger partial charge in [-0.1, -0.05) is 19.9 Å². The van der Waals surface area contributed by atoms with Crippen molar-refractivity contribution in [2.75, 3.05) is 13.1 Å². The van der Waals surface area contributed by atoms with Crippen LogP contribution in [0.25, 0.3) is 0 Å². The second-order valence-corrected chi connectivity index (χ2v) is 5.69. The van der Waals surface area contributed by atoms with E-state index in [4.69, 9.17) is 0 Å². The summed E-state index contributed by atoms with van der Waals surface area (Å²) in [5, 5.41) is 0. The van der Waals surface area contributed by atoms with Crippen LogP contribution in [0.3, 0.4) is 0 Å². The van der Waals surface area contributed by atoms with E-state index in [1.807, 2.05) is 36.9 Å². The Bertz CT molecular complexity index is 468. The number of amides is 1. The number of piperidine rings is 1. The second-order valence-electron chi connectivity index (χ2n) is 5.69. The summed E-state index contributed by atoms with van der Waals surface area (Å²) in [6.45, 7) is 4.91. The maximum absolute atomic E-state index is 12.2. The molecule has 2 rings (SSSR count). The largest absolute Gasteiger partial charge is 0.341 e. The number of aryl methyl sites for hydroxylation is 1. The second kappa shape index (κ2) is 5.51. The Kier molecular flexibility index (Phi) is 3.98. The molecule has 2 heterocycles. The summed E-state index contributed by atoms with van der Waals surface area (Å²) < 4.78 is 0. The molecule has 1 saturated heterocycles. The van der Waals surface area contributed by atoms with Crippen molar-refractivity contribution in [3.8, 4) is 0 Å². The summed E-state index contributed by atoms with van der Waals surface area (Å²) >= 11 is 0. The van der Waals surface area contributed by atoms with Gasteiger partial charge in [0, 0.05) is 43.2 Å². The molecular formula is C15H20N2O2. The van der Waals surface area contributed by atoms with E-state index >= 15 is 0 Å². The van der Waals surface area contributed by atoms with Crippen LogP contribution in [0.15, 0.2) is 24.4 Å². The van der Waals surface area contributed by atoms with Gasteiger partial charge in [-0.15, -0.1) is 0 Å². The smallest absolute Gasteiger partial charge is 0.223 e. The van der Waals surface area contributed by atoms with Crippen LogP contribution in [0.5, 0.6) is 0 Å². The fourth-order valence-corrected chi connectivity index (χ4v) is 2.37. The van der Waals surface area contributed by atoms with Crippen molar-refractivity contribution in [2.24, 2.45) is 5.41 Å². The molecular weight excluding hydrogens is 240 g/mol. The molecule has 0 radical (unpaired) electrons. The summed E-state index contributed by atoms with van der Waals surface area (Å²) in [5.41, 5.74) is 0.530. The van der Waals surface area contributed by atoms with E-state index < -0.39 is 5.41 Å². The van der Waals surface area contributed by atoms with E-state index in [-0.39, 0.29) is 11.7 Å². The first-order valence-corrected chi connectivity index (χ1v) is 6.70. The zero-order valence-electron chi connectivity index (χ0n) is 11.6. The number of Topliss-reactive ketones (excluding diaryl/α,β-unsaturated/α-hetero) is 1. The van der Waals surface area contributed by atoms with Crippen LogP contribution in [-0.2, 0) is 16.0 Å².